The Morgan fingerprint density at radius 3 is 2.42 bits per heavy atom. The van der Waals surface area contributed by atoms with Gasteiger partial charge in [-0.25, -0.2) is 4.79 Å². The average Bonchev–Trinajstić information content (AvgIpc) is 2.51. The van der Waals surface area contributed by atoms with Gasteiger partial charge in [0, 0.05) is 6.54 Å². The fourth-order valence-electron chi connectivity index (χ4n) is 2.07. The maximum absolute atomic E-state index is 12.2. The Labute approximate surface area is 137 Å². The van der Waals surface area contributed by atoms with Crippen molar-refractivity contribution in [3.05, 3.63) is 35.9 Å². The first-order chi connectivity index (χ1) is 11.3. The molecule has 2 N–H and O–H groups in total. The Hall–Kier alpha value is -2.25. The number of carbonyl (C=O) groups excluding carboxylic acids is 1. The molecule has 0 spiro atoms. The third-order valence-electron chi connectivity index (χ3n) is 3.29. The van der Waals surface area contributed by atoms with Gasteiger partial charge in [-0.05, 0) is 18.4 Å². The summed E-state index contributed by atoms with van der Waals surface area (Å²) in [6.07, 6.45) is -5.90. The first kappa shape index (κ1) is 19.8. The second-order valence-corrected chi connectivity index (χ2v) is 5.34. The zero-order valence-corrected chi connectivity index (χ0v) is 13.0. The number of unbranched alkanes of at least 4 members (excludes halogenated alkanes) is 1. The van der Waals surface area contributed by atoms with Crippen molar-refractivity contribution in [2.75, 3.05) is 6.54 Å². The summed E-state index contributed by atoms with van der Waals surface area (Å²) >= 11 is 0. The van der Waals surface area contributed by atoms with E-state index in [0.29, 0.717) is 6.42 Å². The van der Waals surface area contributed by atoms with E-state index in [4.69, 9.17) is 9.84 Å². The number of amides is 1. The Bertz CT molecular complexity index is 520. The topological polar surface area (TPSA) is 75.6 Å². The van der Waals surface area contributed by atoms with Gasteiger partial charge in [-0.1, -0.05) is 36.8 Å². The first-order valence-electron chi connectivity index (χ1n) is 7.52. The van der Waals surface area contributed by atoms with Crippen molar-refractivity contribution in [2.45, 2.75) is 38.5 Å². The van der Waals surface area contributed by atoms with Crippen molar-refractivity contribution < 1.29 is 32.6 Å². The molecule has 134 valence electrons. The maximum Gasteiger partial charge on any atom is 0.407 e. The van der Waals surface area contributed by atoms with Crippen LogP contribution in [0.5, 0.6) is 0 Å². The van der Waals surface area contributed by atoms with Crippen LogP contribution < -0.4 is 5.32 Å². The molecule has 5 nitrogen and oxygen atoms in total. The van der Waals surface area contributed by atoms with Crippen LogP contribution in [-0.4, -0.2) is 29.9 Å². The van der Waals surface area contributed by atoms with Crippen molar-refractivity contribution in [1.29, 1.82) is 0 Å². The van der Waals surface area contributed by atoms with Gasteiger partial charge in [-0.15, -0.1) is 0 Å². The Morgan fingerprint density at radius 1 is 1.17 bits per heavy atom. The van der Waals surface area contributed by atoms with E-state index in [-0.39, 0.29) is 26.0 Å². The smallest absolute Gasteiger partial charge is 0.407 e. The fraction of sp³-hybridized carbons (Fsp3) is 0.500. The zero-order chi connectivity index (χ0) is 18.0. The molecular weight excluding hydrogens is 327 g/mol. The zero-order valence-electron chi connectivity index (χ0n) is 13.0. The minimum absolute atomic E-state index is 0.0877. The summed E-state index contributed by atoms with van der Waals surface area (Å²) in [5.41, 5.74) is 0.837. The summed E-state index contributed by atoms with van der Waals surface area (Å²) in [6, 6.07) is 9.08. The summed E-state index contributed by atoms with van der Waals surface area (Å²) in [4.78, 5) is 22.2. The van der Waals surface area contributed by atoms with Gasteiger partial charge >= 0.3 is 18.2 Å². The lowest BCUT2D eigenvalue weighted by Gasteiger charge is -2.14. The molecule has 0 fully saturated rings. The van der Waals surface area contributed by atoms with Crippen molar-refractivity contribution in [2.24, 2.45) is 5.92 Å². The molecule has 0 saturated heterocycles. The molecule has 0 heterocycles. The second-order valence-electron chi connectivity index (χ2n) is 5.34. The number of ether oxygens (including phenoxy) is 1. The molecule has 1 aromatic rings. The van der Waals surface area contributed by atoms with E-state index < -0.39 is 30.6 Å². The third-order valence-corrected chi connectivity index (χ3v) is 3.29. The van der Waals surface area contributed by atoms with E-state index >= 15 is 0 Å². The highest BCUT2D eigenvalue weighted by atomic mass is 19.4. The monoisotopic (exact) mass is 347 g/mol. The van der Waals surface area contributed by atoms with Crippen LogP contribution >= 0.6 is 0 Å². The van der Waals surface area contributed by atoms with Crippen LogP contribution in [-0.2, 0) is 16.1 Å². The number of carbonyl (C=O) groups is 2. The molecule has 1 atom stereocenters. The molecular formula is C16H20F3NO4. The van der Waals surface area contributed by atoms with Gasteiger partial charge < -0.3 is 15.2 Å². The molecule has 0 saturated carbocycles. The summed E-state index contributed by atoms with van der Waals surface area (Å²) in [5.74, 6) is -2.91. The molecule has 1 aromatic carbocycles. The van der Waals surface area contributed by atoms with Crippen molar-refractivity contribution in [3.63, 3.8) is 0 Å². The molecule has 1 amide bonds. The van der Waals surface area contributed by atoms with Crippen LogP contribution in [0.1, 0.15) is 31.2 Å². The number of alkyl halides is 3. The Kier molecular flexibility index (Phi) is 8.08. The minimum Gasteiger partial charge on any atom is -0.481 e. The quantitative estimate of drug-likeness (QED) is 0.667. The number of hydrogen-bond acceptors (Lipinski definition) is 3. The predicted octanol–water partition coefficient (Wildman–Crippen LogP) is 3.74. The lowest BCUT2D eigenvalue weighted by molar-refractivity contribution is -0.164. The van der Waals surface area contributed by atoms with E-state index in [1.54, 1.807) is 12.1 Å². The lowest BCUT2D eigenvalue weighted by Crippen LogP contribution is -2.26. The number of nitrogens with one attached hydrogen (secondary N) is 1. The number of carboxylic acids is 1. The molecule has 0 aliphatic rings. The number of halogens is 3. The number of carboxylic acid groups (broad SMARTS) is 1. The third kappa shape index (κ3) is 9.02. The van der Waals surface area contributed by atoms with Crippen LogP contribution in [0.2, 0.25) is 0 Å². The van der Waals surface area contributed by atoms with Crippen molar-refractivity contribution in [1.82, 2.24) is 5.32 Å². The highest BCUT2D eigenvalue weighted by molar-refractivity contribution is 5.70. The van der Waals surface area contributed by atoms with Gasteiger partial charge in [-0.3, -0.25) is 4.79 Å². The van der Waals surface area contributed by atoms with E-state index in [1.165, 1.54) is 0 Å². The normalized spacial score (nSPS) is 12.5. The standard InChI is InChI=1S/C16H20F3NO4/c17-16(18,19)10-13(14(21)22)8-4-5-9-20-15(23)24-11-12-6-2-1-3-7-12/h1-3,6-7,13H,4-5,8-11H2,(H,20,23)(H,21,22). The number of alkyl carbamates (subject to hydrolysis) is 1. The SMILES string of the molecule is O=C(NCCCCC(CC(F)(F)F)C(=O)O)OCc1ccccc1. The summed E-state index contributed by atoms with van der Waals surface area (Å²) in [5, 5.41) is 11.2. The Morgan fingerprint density at radius 2 is 1.83 bits per heavy atom. The van der Waals surface area contributed by atoms with Crippen LogP contribution in [0, 0.1) is 5.92 Å². The maximum atomic E-state index is 12.2. The van der Waals surface area contributed by atoms with Crippen LogP contribution in [0.15, 0.2) is 30.3 Å². The number of rotatable bonds is 9. The highest BCUT2D eigenvalue weighted by Gasteiger charge is 2.34. The van der Waals surface area contributed by atoms with E-state index in [2.05, 4.69) is 5.32 Å². The first-order valence-corrected chi connectivity index (χ1v) is 7.52. The van der Waals surface area contributed by atoms with Gasteiger partial charge in [-0.2, -0.15) is 13.2 Å². The number of aliphatic carboxylic acids is 1. The largest absolute Gasteiger partial charge is 0.481 e. The highest BCUT2D eigenvalue weighted by Crippen LogP contribution is 2.27. The van der Waals surface area contributed by atoms with Gasteiger partial charge in [0.25, 0.3) is 0 Å². The minimum atomic E-state index is -4.50. The van der Waals surface area contributed by atoms with Gasteiger partial charge in [0.2, 0.25) is 0 Å². The summed E-state index contributed by atoms with van der Waals surface area (Å²) < 4.78 is 41.7. The van der Waals surface area contributed by atoms with Gasteiger partial charge in [0.1, 0.15) is 6.61 Å². The predicted molar refractivity (Wildman–Crippen MR) is 80.3 cm³/mol. The van der Waals surface area contributed by atoms with E-state index in [0.717, 1.165) is 5.56 Å². The molecule has 8 heteroatoms. The lowest BCUT2D eigenvalue weighted by atomic mass is 9.98. The van der Waals surface area contributed by atoms with Gasteiger partial charge in [0.15, 0.2) is 0 Å². The van der Waals surface area contributed by atoms with Gasteiger partial charge in [0.05, 0.1) is 12.3 Å². The summed E-state index contributed by atoms with van der Waals surface area (Å²) in [6.45, 7) is 0.339. The van der Waals surface area contributed by atoms with Crippen LogP contribution in [0.3, 0.4) is 0 Å². The van der Waals surface area contributed by atoms with Crippen molar-refractivity contribution >= 4 is 12.1 Å². The molecule has 0 aliphatic heterocycles. The van der Waals surface area contributed by atoms with E-state index in [9.17, 15) is 22.8 Å². The average molecular weight is 347 g/mol. The second kappa shape index (κ2) is 9.79. The van der Waals surface area contributed by atoms with E-state index in [1.807, 2.05) is 18.2 Å². The molecule has 0 bridgehead atoms. The number of hydrogen-bond donors (Lipinski definition) is 2. The Balaban J connectivity index is 2.16. The van der Waals surface area contributed by atoms with Crippen LogP contribution in [0.4, 0.5) is 18.0 Å². The fourth-order valence-corrected chi connectivity index (χ4v) is 2.07. The molecule has 0 aliphatic carbocycles. The number of benzene rings is 1. The molecule has 0 aromatic heterocycles. The molecule has 24 heavy (non-hydrogen) atoms. The molecule has 0 radical (unpaired) electrons. The van der Waals surface area contributed by atoms with Crippen LogP contribution in [0.25, 0.3) is 0 Å². The summed E-state index contributed by atoms with van der Waals surface area (Å²) in [7, 11) is 0. The molecule has 1 rings (SSSR count). The molecule has 1 unspecified atom stereocenters. The van der Waals surface area contributed by atoms with Crippen molar-refractivity contribution in [3.8, 4) is 0 Å².